The summed E-state index contributed by atoms with van der Waals surface area (Å²) >= 11 is 0. The molecule has 1 aliphatic heterocycles. The average Bonchev–Trinajstić information content (AvgIpc) is 2.56. The highest BCUT2D eigenvalue weighted by atomic mass is 16.6. The van der Waals surface area contributed by atoms with Gasteiger partial charge >= 0.3 is 5.69 Å². The van der Waals surface area contributed by atoms with Crippen molar-refractivity contribution < 1.29 is 19.6 Å². The van der Waals surface area contributed by atoms with Crippen LogP contribution in [0, 0.1) is 10.1 Å². The molecule has 0 spiro atoms. The molecule has 2 aromatic carbocycles. The van der Waals surface area contributed by atoms with E-state index in [1.807, 2.05) is 6.07 Å². The Labute approximate surface area is 138 Å². The van der Waals surface area contributed by atoms with Gasteiger partial charge in [-0.3, -0.25) is 14.9 Å². The van der Waals surface area contributed by atoms with E-state index in [0.29, 0.717) is 16.8 Å². The van der Waals surface area contributed by atoms with Crippen molar-refractivity contribution in [3.8, 4) is 11.5 Å². The molecule has 7 heteroatoms. The summed E-state index contributed by atoms with van der Waals surface area (Å²) in [5.74, 6) is -0.508. The zero-order valence-electron chi connectivity index (χ0n) is 13.0. The number of nitrogens with one attached hydrogen (secondary N) is 1. The number of aromatic hydroxyl groups is 1. The fourth-order valence-corrected chi connectivity index (χ4v) is 2.81. The molecule has 24 heavy (non-hydrogen) atoms. The summed E-state index contributed by atoms with van der Waals surface area (Å²) in [6.45, 7) is 1.98. The van der Waals surface area contributed by atoms with Gasteiger partial charge in [-0.15, -0.1) is 0 Å². The van der Waals surface area contributed by atoms with E-state index in [4.69, 9.17) is 4.74 Å². The van der Waals surface area contributed by atoms with Gasteiger partial charge in [-0.1, -0.05) is 12.1 Å². The van der Waals surface area contributed by atoms with Crippen LogP contribution in [0.1, 0.15) is 35.3 Å². The van der Waals surface area contributed by atoms with Crippen LogP contribution >= 0.6 is 0 Å². The number of rotatable bonds is 4. The molecule has 1 unspecified atom stereocenters. The number of anilines is 1. The van der Waals surface area contributed by atoms with Crippen molar-refractivity contribution in [3.63, 3.8) is 0 Å². The van der Waals surface area contributed by atoms with Crippen molar-refractivity contribution in [2.24, 2.45) is 0 Å². The van der Waals surface area contributed by atoms with Gasteiger partial charge in [-0.25, -0.2) is 0 Å². The predicted molar refractivity (Wildman–Crippen MR) is 87.7 cm³/mol. The van der Waals surface area contributed by atoms with Crippen molar-refractivity contribution in [2.45, 2.75) is 19.4 Å². The first kappa shape index (κ1) is 15.8. The summed E-state index contributed by atoms with van der Waals surface area (Å²) in [5, 5.41) is 24.4. The van der Waals surface area contributed by atoms with E-state index in [2.05, 4.69) is 5.32 Å². The van der Waals surface area contributed by atoms with Gasteiger partial charge in [-0.2, -0.15) is 0 Å². The second-order valence-corrected chi connectivity index (χ2v) is 5.45. The van der Waals surface area contributed by atoms with E-state index < -0.39 is 22.4 Å². The first-order valence-electron chi connectivity index (χ1n) is 7.54. The third-order valence-electron chi connectivity index (χ3n) is 3.92. The van der Waals surface area contributed by atoms with Crippen molar-refractivity contribution in [1.29, 1.82) is 0 Å². The van der Waals surface area contributed by atoms with E-state index in [9.17, 15) is 20.0 Å². The second-order valence-electron chi connectivity index (χ2n) is 5.45. The Morgan fingerprint density at radius 2 is 2.12 bits per heavy atom. The summed E-state index contributed by atoms with van der Waals surface area (Å²) in [5.41, 5.74) is 1.37. The molecule has 3 rings (SSSR count). The van der Waals surface area contributed by atoms with Crippen LogP contribution in [0.5, 0.6) is 11.5 Å². The Kier molecular flexibility index (Phi) is 4.07. The van der Waals surface area contributed by atoms with E-state index in [-0.39, 0.29) is 24.6 Å². The highest BCUT2D eigenvalue weighted by Gasteiger charge is 2.29. The van der Waals surface area contributed by atoms with Crippen LogP contribution in [0.2, 0.25) is 0 Å². The van der Waals surface area contributed by atoms with Gasteiger partial charge in [0.05, 0.1) is 17.6 Å². The molecule has 2 aromatic rings. The number of para-hydroxylation sites is 1. The number of carbonyl (C=O) groups is 1. The number of phenols is 1. The fourth-order valence-electron chi connectivity index (χ4n) is 2.81. The zero-order valence-corrected chi connectivity index (χ0v) is 13.0. The Morgan fingerprint density at radius 1 is 1.38 bits per heavy atom. The van der Waals surface area contributed by atoms with Crippen molar-refractivity contribution in [2.75, 3.05) is 11.9 Å². The van der Waals surface area contributed by atoms with Crippen LogP contribution in [0.4, 0.5) is 11.4 Å². The highest BCUT2D eigenvalue weighted by Crippen LogP contribution is 2.41. The van der Waals surface area contributed by atoms with Gasteiger partial charge in [0.2, 0.25) is 5.75 Å². The third-order valence-corrected chi connectivity index (χ3v) is 3.92. The molecule has 1 atom stereocenters. The number of nitro benzene ring substituents is 1. The summed E-state index contributed by atoms with van der Waals surface area (Å²) in [7, 11) is 0. The van der Waals surface area contributed by atoms with Crippen molar-refractivity contribution in [3.05, 3.63) is 57.6 Å². The molecule has 0 aliphatic carbocycles. The maximum absolute atomic E-state index is 12.3. The number of phenolic OH excluding ortho intramolecular Hbond substituents is 1. The first-order valence-corrected chi connectivity index (χ1v) is 7.54. The maximum atomic E-state index is 12.3. The van der Waals surface area contributed by atoms with Gasteiger partial charge in [0.25, 0.3) is 0 Å². The number of carbonyl (C=O) groups excluding carboxylic acids is 1. The Balaban J connectivity index is 2.04. The molecule has 0 radical (unpaired) electrons. The molecule has 2 N–H and O–H groups in total. The Morgan fingerprint density at radius 3 is 2.83 bits per heavy atom. The van der Waals surface area contributed by atoms with Crippen molar-refractivity contribution >= 4 is 17.2 Å². The van der Waals surface area contributed by atoms with Crippen LogP contribution in [0.15, 0.2) is 36.4 Å². The van der Waals surface area contributed by atoms with Gasteiger partial charge in [-0.05, 0) is 30.7 Å². The molecule has 0 amide bonds. The molecule has 0 saturated carbocycles. The lowest BCUT2D eigenvalue weighted by Gasteiger charge is -2.26. The number of nitro groups is 1. The topological polar surface area (TPSA) is 102 Å². The summed E-state index contributed by atoms with van der Waals surface area (Å²) in [6, 6.07) is 9.51. The van der Waals surface area contributed by atoms with Crippen LogP contribution in [0.3, 0.4) is 0 Å². The molecular weight excluding hydrogens is 312 g/mol. The van der Waals surface area contributed by atoms with E-state index >= 15 is 0 Å². The summed E-state index contributed by atoms with van der Waals surface area (Å²) in [6.07, 6.45) is 0.171. The number of hydrogen-bond acceptors (Lipinski definition) is 6. The van der Waals surface area contributed by atoms with E-state index in [0.717, 1.165) is 0 Å². The molecule has 0 saturated heterocycles. The Bertz CT molecular complexity index is 819. The number of ketones is 1. The standard InChI is InChI=1S/C17H16N2O5/c1-2-24-16-8-10(7-14(17(16)21)19(22)23)13-9-15(20)11-5-3-4-6-12(11)18-13/h3-8,13,18,21H,2,9H2,1H3. The van der Waals surface area contributed by atoms with Gasteiger partial charge < -0.3 is 15.2 Å². The number of fused-ring (bicyclic) bond motifs is 1. The monoisotopic (exact) mass is 328 g/mol. The zero-order chi connectivity index (χ0) is 17.3. The lowest BCUT2D eigenvalue weighted by Crippen LogP contribution is -2.22. The van der Waals surface area contributed by atoms with Gasteiger partial charge in [0, 0.05) is 23.7 Å². The summed E-state index contributed by atoms with van der Waals surface area (Å²) < 4.78 is 5.29. The number of ether oxygens (including phenoxy) is 1. The van der Waals surface area contributed by atoms with E-state index in [1.165, 1.54) is 12.1 Å². The predicted octanol–water partition coefficient (Wildman–Crippen LogP) is 3.44. The van der Waals surface area contributed by atoms with Crippen LogP contribution < -0.4 is 10.1 Å². The number of hydrogen-bond donors (Lipinski definition) is 2. The quantitative estimate of drug-likeness (QED) is 0.658. The smallest absolute Gasteiger partial charge is 0.315 e. The average molecular weight is 328 g/mol. The first-order chi connectivity index (χ1) is 11.5. The molecule has 7 nitrogen and oxygen atoms in total. The molecule has 1 heterocycles. The normalized spacial score (nSPS) is 16.2. The lowest BCUT2D eigenvalue weighted by molar-refractivity contribution is -0.386. The van der Waals surface area contributed by atoms with Crippen LogP contribution in [-0.2, 0) is 0 Å². The second kappa shape index (κ2) is 6.19. The minimum Gasteiger partial charge on any atom is -0.500 e. The third kappa shape index (κ3) is 2.76. The van der Waals surface area contributed by atoms with Crippen LogP contribution in [-0.4, -0.2) is 22.4 Å². The highest BCUT2D eigenvalue weighted by molar-refractivity contribution is 6.03. The number of nitrogens with zero attached hydrogens (tertiary/aromatic N) is 1. The minimum absolute atomic E-state index is 0.0369. The van der Waals surface area contributed by atoms with Crippen molar-refractivity contribution in [1.82, 2.24) is 0 Å². The lowest BCUT2D eigenvalue weighted by atomic mass is 9.92. The minimum atomic E-state index is -0.667. The van der Waals surface area contributed by atoms with E-state index in [1.54, 1.807) is 25.1 Å². The maximum Gasteiger partial charge on any atom is 0.315 e. The van der Waals surface area contributed by atoms with Gasteiger partial charge in [0.1, 0.15) is 0 Å². The largest absolute Gasteiger partial charge is 0.500 e. The Hall–Kier alpha value is -3.09. The summed E-state index contributed by atoms with van der Waals surface area (Å²) in [4.78, 5) is 22.8. The molecule has 0 fully saturated rings. The number of benzene rings is 2. The molecular formula is C17H16N2O5. The SMILES string of the molecule is CCOc1cc(C2CC(=O)c3ccccc3N2)cc([N+](=O)[O-])c1O. The molecule has 1 aliphatic rings. The molecule has 0 bridgehead atoms. The number of Topliss-reactive ketones (excluding diaryl/α,β-unsaturated/α-hetero) is 1. The molecule has 124 valence electrons. The van der Waals surface area contributed by atoms with Gasteiger partial charge in [0.15, 0.2) is 11.5 Å². The fraction of sp³-hybridized carbons (Fsp3) is 0.235. The van der Waals surface area contributed by atoms with Crippen LogP contribution in [0.25, 0.3) is 0 Å². The molecule has 0 aromatic heterocycles.